The molecule has 0 aliphatic heterocycles. The van der Waals surface area contributed by atoms with E-state index in [4.69, 9.17) is 12.2 Å². The largest absolute Gasteiger partial charge is 0.283 e. The molecule has 6 nitrogen and oxygen atoms in total. The first-order chi connectivity index (χ1) is 22.7. The summed E-state index contributed by atoms with van der Waals surface area (Å²) in [5.41, 5.74) is 0.953. The number of sulfonamides is 2. The zero-order valence-electron chi connectivity index (χ0n) is 24.9. The average Bonchev–Trinajstić information content (AvgIpc) is 3.09. The van der Waals surface area contributed by atoms with Gasteiger partial charge in [0.2, 0.25) is 0 Å². The second-order valence-corrected chi connectivity index (χ2v) is 15.2. The summed E-state index contributed by atoms with van der Waals surface area (Å²) < 4.78 is 55.7. The van der Waals surface area contributed by atoms with Crippen LogP contribution >= 0.6 is 35.7 Å². The van der Waals surface area contributed by atoms with E-state index < -0.39 is 20.0 Å². The van der Waals surface area contributed by atoms with Crippen LogP contribution in [-0.4, -0.2) is 26.9 Å². The zero-order chi connectivity index (χ0) is 33.4. The van der Waals surface area contributed by atoms with Gasteiger partial charge in [0, 0.05) is 9.79 Å². The standard InChI is InChI=1S/C21H17NO2S3.C15H13NO2S2/c23-27(24,20-14-8-3-9-15-20)22-21(26-19-12-6-2-7-13-19)16-17-25-18-10-4-1-5-11-18;17-20(18,14-9-5-2-6-10-14)16-15(19)12-11-13-7-3-1-4-8-13/h1-17H;1-12H,(H,16,19). The van der Waals surface area contributed by atoms with Crippen molar-refractivity contribution in [2.45, 2.75) is 19.6 Å². The monoisotopic (exact) mass is 714 g/mol. The summed E-state index contributed by atoms with van der Waals surface area (Å²) >= 11 is 7.85. The highest BCUT2D eigenvalue weighted by Gasteiger charge is 2.14. The lowest BCUT2D eigenvalue weighted by atomic mass is 10.2. The van der Waals surface area contributed by atoms with Crippen molar-refractivity contribution in [1.29, 1.82) is 0 Å². The molecule has 5 aromatic rings. The molecule has 0 aromatic heterocycles. The summed E-state index contributed by atoms with van der Waals surface area (Å²) in [4.78, 5) is 2.52. The SMILES string of the molecule is O=S(=O)(N=C(C=CSc1ccccc1)Sc1ccccc1)c1ccccc1.O=S(=O)(NC(=S)C=Cc1ccccc1)c1ccccc1. The van der Waals surface area contributed by atoms with Gasteiger partial charge in [0.25, 0.3) is 20.0 Å². The summed E-state index contributed by atoms with van der Waals surface area (Å²) in [7, 11) is -7.37. The second-order valence-electron chi connectivity index (χ2n) is 9.39. The Hall–Kier alpha value is -4.26. The van der Waals surface area contributed by atoms with E-state index in [1.165, 1.54) is 35.7 Å². The van der Waals surface area contributed by atoms with Gasteiger partial charge in [0.1, 0.15) is 10.0 Å². The normalized spacial score (nSPS) is 12.0. The number of nitrogens with zero attached hydrogens (tertiary/aromatic N) is 1. The summed E-state index contributed by atoms with van der Waals surface area (Å²) in [6.45, 7) is 0. The van der Waals surface area contributed by atoms with Crippen molar-refractivity contribution in [2.24, 2.45) is 4.40 Å². The van der Waals surface area contributed by atoms with Gasteiger partial charge in [0.15, 0.2) is 0 Å². The van der Waals surface area contributed by atoms with Gasteiger partial charge in [-0.3, -0.25) is 4.72 Å². The van der Waals surface area contributed by atoms with E-state index in [9.17, 15) is 16.8 Å². The third-order valence-corrected chi connectivity index (χ3v) is 10.8. The summed E-state index contributed by atoms with van der Waals surface area (Å²) in [5, 5.41) is 2.26. The molecule has 0 fully saturated rings. The maximum Gasteiger partial charge on any atom is 0.283 e. The van der Waals surface area contributed by atoms with Crippen molar-refractivity contribution < 1.29 is 16.8 Å². The summed E-state index contributed by atoms with van der Waals surface area (Å²) in [6.07, 6.45) is 5.05. The second kappa shape index (κ2) is 18.2. The molecular weight excluding hydrogens is 685 g/mol. The summed E-state index contributed by atoms with van der Waals surface area (Å²) in [5.74, 6) is 0. The maximum absolute atomic E-state index is 12.6. The van der Waals surface area contributed by atoms with Gasteiger partial charge in [0.05, 0.1) is 9.79 Å². The highest BCUT2D eigenvalue weighted by atomic mass is 32.2. The van der Waals surface area contributed by atoms with E-state index in [0.717, 1.165) is 15.4 Å². The van der Waals surface area contributed by atoms with E-state index in [1.807, 2.05) is 96.4 Å². The molecule has 0 spiro atoms. The fraction of sp³-hybridized carbons (Fsp3) is 0. The molecule has 47 heavy (non-hydrogen) atoms. The predicted molar refractivity (Wildman–Crippen MR) is 200 cm³/mol. The van der Waals surface area contributed by atoms with Crippen LogP contribution in [0, 0.1) is 0 Å². The highest BCUT2D eigenvalue weighted by molar-refractivity contribution is 8.15. The number of benzene rings is 5. The first-order valence-electron chi connectivity index (χ1n) is 14.1. The molecule has 0 radical (unpaired) electrons. The van der Waals surface area contributed by atoms with Crippen molar-refractivity contribution in [3.8, 4) is 0 Å². The molecule has 0 aliphatic carbocycles. The van der Waals surface area contributed by atoms with Gasteiger partial charge < -0.3 is 0 Å². The van der Waals surface area contributed by atoms with Crippen LogP contribution in [0.3, 0.4) is 0 Å². The predicted octanol–water partition coefficient (Wildman–Crippen LogP) is 8.88. The maximum atomic E-state index is 12.6. The molecule has 0 saturated carbocycles. The number of hydrogen-bond donors (Lipinski definition) is 1. The van der Waals surface area contributed by atoms with Crippen LogP contribution in [0.4, 0.5) is 0 Å². The van der Waals surface area contributed by atoms with E-state index in [-0.39, 0.29) is 14.8 Å². The minimum atomic E-state index is -3.77. The summed E-state index contributed by atoms with van der Waals surface area (Å²) in [6, 6.07) is 45.4. The topological polar surface area (TPSA) is 92.7 Å². The Morgan fingerprint density at radius 2 is 1.06 bits per heavy atom. The van der Waals surface area contributed by atoms with Crippen LogP contribution < -0.4 is 4.72 Å². The third-order valence-electron chi connectivity index (χ3n) is 5.89. The van der Waals surface area contributed by atoms with Gasteiger partial charge in [-0.05, 0) is 71.7 Å². The molecule has 0 amide bonds. The Kier molecular flexibility index (Phi) is 13.8. The van der Waals surface area contributed by atoms with E-state index in [2.05, 4.69) is 9.12 Å². The first kappa shape index (κ1) is 35.6. The van der Waals surface area contributed by atoms with Gasteiger partial charge in [-0.15, -0.1) is 0 Å². The van der Waals surface area contributed by atoms with Crippen molar-refractivity contribution in [3.05, 3.63) is 175 Å². The Morgan fingerprint density at radius 3 is 1.62 bits per heavy atom. The van der Waals surface area contributed by atoms with Gasteiger partial charge >= 0.3 is 0 Å². The fourth-order valence-electron chi connectivity index (χ4n) is 3.69. The molecule has 1 N–H and O–H groups in total. The molecule has 0 atom stereocenters. The molecule has 5 rings (SSSR count). The average molecular weight is 715 g/mol. The molecule has 0 bridgehead atoms. The molecule has 0 heterocycles. The minimum Gasteiger partial charge on any atom is -0.270 e. The number of thioether (sulfide) groups is 2. The van der Waals surface area contributed by atoms with E-state index >= 15 is 0 Å². The lowest BCUT2D eigenvalue weighted by Gasteiger charge is -2.06. The van der Waals surface area contributed by atoms with Crippen molar-refractivity contribution in [3.63, 3.8) is 0 Å². The lowest BCUT2D eigenvalue weighted by molar-refractivity contribution is 0.592. The van der Waals surface area contributed by atoms with Crippen LogP contribution in [0.5, 0.6) is 0 Å². The molecule has 0 saturated heterocycles. The number of nitrogens with one attached hydrogen (secondary N) is 1. The van der Waals surface area contributed by atoms with E-state index in [0.29, 0.717) is 5.04 Å². The van der Waals surface area contributed by atoms with Crippen LogP contribution in [-0.2, 0) is 20.0 Å². The fourth-order valence-corrected chi connectivity index (χ4v) is 7.82. The molecule has 0 aliphatic rings. The van der Waals surface area contributed by atoms with Crippen molar-refractivity contribution in [1.82, 2.24) is 4.72 Å². The van der Waals surface area contributed by atoms with Gasteiger partial charge in [-0.2, -0.15) is 12.8 Å². The Bertz CT molecular complexity index is 2020. The smallest absolute Gasteiger partial charge is 0.270 e. The quantitative estimate of drug-likeness (QED) is 0.0508. The van der Waals surface area contributed by atoms with Crippen LogP contribution in [0.2, 0.25) is 0 Å². The zero-order valence-corrected chi connectivity index (χ0v) is 28.9. The van der Waals surface area contributed by atoms with Gasteiger partial charge in [-0.25, -0.2) is 8.42 Å². The number of thiocarbonyl (C=S) groups is 1. The molecular formula is C36H30N2O4S5. The third kappa shape index (κ3) is 12.5. The Labute approximate surface area is 290 Å². The van der Waals surface area contributed by atoms with Crippen molar-refractivity contribution >= 4 is 71.9 Å². The molecule has 238 valence electrons. The van der Waals surface area contributed by atoms with Crippen LogP contribution in [0.25, 0.3) is 6.08 Å². The molecule has 11 heteroatoms. The van der Waals surface area contributed by atoms with Crippen molar-refractivity contribution in [2.75, 3.05) is 0 Å². The minimum absolute atomic E-state index is 0.151. The van der Waals surface area contributed by atoms with E-state index in [1.54, 1.807) is 66.8 Å². The van der Waals surface area contributed by atoms with Crippen LogP contribution in [0.1, 0.15) is 5.56 Å². The highest BCUT2D eigenvalue weighted by Crippen LogP contribution is 2.25. The molecule has 5 aromatic carbocycles. The number of rotatable bonds is 10. The lowest BCUT2D eigenvalue weighted by Crippen LogP contribution is -2.27. The van der Waals surface area contributed by atoms with Gasteiger partial charge in [-0.1, -0.05) is 145 Å². The number of hydrogen-bond acceptors (Lipinski definition) is 7. The molecule has 0 unspecified atom stereocenters. The Morgan fingerprint density at radius 1 is 0.596 bits per heavy atom. The Balaban J connectivity index is 0.000000223. The van der Waals surface area contributed by atoms with Crippen LogP contribution in [0.15, 0.2) is 193 Å². The first-order valence-corrected chi connectivity index (χ1v) is 19.1.